The van der Waals surface area contributed by atoms with Crippen molar-refractivity contribution in [3.8, 4) is 0 Å². The molecule has 0 fully saturated rings. The van der Waals surface area contributed by atoms with Gasteiger partial charge < -0.3 is 5.32 Å². The lowest BCUT2D eigenvalue weighted by Gasteiger charge is -2.13. The number of hydrogen-bond acceptors (Lipinski definition) is 2. The Morgan fingerprint density at radius 2 is 1.80 bits per heavy atom. The Morgan fingerprint density at radius 1 is 1.20 bits per heavy atom. The number of anilines is 1. The Labute approximate surface area is 89.5 Å². The predicted octanol–water partition coefficient (Wildman–Crippen LogP) is 2.34. The molecule has 1 aromatic carbocycles. The molecule has 0 saturated carbocycles. The number of benzene rings is 1. The average Bonchev–Trinajstić information content (AvgIpc) is 2.16. The lowest BCUT2D eigenvalue weighted by atomic mass is 9.96. The first-order chi connectivity index (χ1) is 7.02. The largest absolute Gasteiger partial charge is 0.326 e. The summed E-state index contributed by atoms with van der Waals surface area (Å²) >= 11 is 0. The van der Waals surface area contributed by atoms with Gasteiger partial charge in [-0.1, -0.05) is 25.1 Å². The van der Waals surface area contributed by atoms with Crippen molar-refractivity contribution < 1.29 is 9.59 Å². The summed E-state index contributed by atoms with van der Waals surface area (Å²) in [6, 6.07) is 7.36. The van der Waals surface area contributed by atoms with Crippen molar-refractivity contribution in [2.45, 2.75) is 26.7 Å². The number of hydrogen-bond donors (Lipinski definition) is 1. The third kappa shape index (κ3) is 2.91. The third-order valence-corrected chi connectivity index (χ3v) is 2.35. The molecule has 1 atom stereocenters. The second-order valence-corrected chi connectivity index (χ2v) is 3.60. The number of nitrogens with one attached hydrogen (secondary N) is 1. The molecule has 0 aliphatic heterocycles. The Balaban J connectivity index is 3.05. The van der Waals surface area contributed by atoms with Gasteiger partial charge >= 0.3 is 0 Å². The average molecular weight is 205 g/mol. The molecule has 15 heavy (non-hydrogen) atoms. The molecule has 1 N–H and O–H groups in total. The van der Waals surface area contributed by atoms with E-state index in [1.54, 1.807) is 13.0 Å². The molecule has 1 aromatic rings. The fraction of sp³-hybridized carbons (Fsp3) is 0.333. The number of ketones is 1. The standard InChI is InChI=1S/C12H15NO2/c1-8(9(2)14)11-6-4-5-7-12(11)13-10(3)15/h4-8H,1-3H3,(H,13,15). The molecule has 80 valence electrons. The van der Waals surface area contributed by atoms with Gasteiger partial charge in [0.25, 0.3) is 0 Å². The van der Waals surface area contributed by atoms with Crippen LogP contribution in [0.15, 0.2) is 24.3 Å². The van der Waals surface area contributed by atoms with E-state index in [1.807, 2.05) is 25.1 Å². The van der Waals surface area contributed by atoms with E-state index in [1.165, 1.54) is 6.92 Å². The second kappa shape index (κ2) is 4.73. The number of amides is 1. The van der Waals surface area contributed by atoms with Crippen molar-refractivity contribution in [2.24, 2.45) is 0 Å². The molecule has 0 bridgehead atoms. The van der Waals surface area contributed by atoms with Crippen LogP contribution in [0.1, 0.15) is 32.3 Å². The zero-order valence-corrected chi connectivity index (χ0v) is 9.20. The first-order valence-electron chi connectivity index (χ1n) is 4.89. The van der Waals surface area contributed by atoms with Crippen molar-refractivity contribution in [1.82, 2.24) is 0 Å². The zero-order chi connectivity index (χ0) is 11.4. The van der Waals surface area contributed by atoms with E-state index in [0.29, 0.717) is 5.69 Å². The SMILES string of the molecule is CC(=O)Nc1ccccc1C(C)C(C)=O. The highest BCUT2D eigenvalue weighted by Gasteiger charge is 2.14. The van der Waals surface area contributed by atoms with E-state index >= 15 is 0 Å². The van der Waals surface area contributed by atoms with Gasteiger partial charge in [-0.25, -0.2) is 0 Å². The normalized spacial score (nSPS) is 11.9. The predicted molar refractivity (Wildman–Crippen MR) is 59.8 cm³/mol. The van der Waals surface area contributed by atoms with Gasteiger partial charge in [0.1, 0.15) is 5.78 Å². The minimum absolute atomic E-state index is 0.0906. The van der Waals surface area contributed by atoms with Gasteiger partial charge in [0.15, 0.2) is 0 Å². The Hall–Kier alpha value is -1.64. The summed E-state index contributed by atoms with van der Waals surface area (Å²) in [5, 5.41) is 2.72. The highest BCUT2D eigenvalue weighted by molar-refractivity contribution is 5.92. The van der Waals surface area contributed by atoms with E-state index in [9.17, 15) is 9.59 Å². The summed E-state index contributed by atoms with van der Waals surface area (Å²) in [5.41, 5.74) is 1.58. The smallest absolute Gasteiger partial charge is 0.221 e. The maximum absolute atomic E-state index is 11.3. The van der Waals surface area contributed by atoms with E-state index < -0.39 is 0 Å². The first-order valence-corrected chi connectivity index (χ1v) is 4.89. The monoisotopic (exact) mass is 205 g/mol. The lowest BCUT2D eigenvalue weighted by molar-refractivity contribution is -0.118. The lowest BCUT2D eigenvalue weighted by Crippen LogP contribution is -2.12. The Morgan fingerprint density at radius 3 is 2.33 bits per heavy atom. The molecule has 0 radical (unpaired) electrons. The maximum Gasteiger partial charge on any atom is 0.221 e. The second-order valence-electron chi connectivity index (χ2n) is 3.60. The van der Waals surface area contributed by atoms with Crippen LogP contribution in [0.4, 0.5) is 5.69 Å². The summed E-state index contributed by atoms with van der Waals surface area (Å²) in [6.45, 7) is 4.84. The zero-order valence-electron chi connectivity index (χ0n) is 9.20. The van der Waals surface area contributed by atoms with Gasteiger partial charge in [-0.15, -0.1) is 0 Å². The fourth-order valence-corrected chi connectivity index (χ4v) is 1.40. The summed E-state index contributed by atoms with van der Waals surface area (Å²) < 4.78 is 0. The number of carbonyl (C=O) groups excluding carboxylic acids is 2. The van der Waals surface area contributed by atoms with Crippen LogP contribution in [0.25, 0.3) is 0 Å². The summed E-state index contributed by atoms with van der Waals surface area (Å²) in [5.74, 6) is -0.223. The first kappa shape index (κ1) is 11.4. The molecule has 1 unspecified atom stereocenters. The van der Waals surface area contributed by atoms with Gasteiger partial charge in [-0.2, -0.15) is 0 Å². The molecule has 1 rings (SSSR count). The van der Waals surface area contributed by atoms with Crippen LogP contribution in [-0.2, 0) is 9.59 Å². The third-order valence-electron chi connectivity index (χ3n) is 2.35. The molecule has 0 spiro atoms. The van der Waals surface area contributed by atoms with Crippen molar-refractivity contribution >= 4 is 17.4 Å². The quantitative estimate of drug-likeness (QED) is 0.823. The van der Waals surface area contributed by atoms with Crippen LogP contribution in [0.2, 0.25) is 0 Å². The van der Waals surface area contributed by atoms with E-state index in [2.05, 4.69) is 5.32 Å². The summed E-state index contributed by atoms with van der Waals surface area (Å²) in [4.78, 5) is 22.2. The minimum atomic E-state index is -0.187. The molecule has 3 heteroatoms. The molecule has 0 aliphatic carbocycles. The number of rotatable bonds is 3. The van der Waals surface area contributed by atoms with Gasteiger partial charge in [0, 0.05) is 18.5 Å². The molecule has 0 aliphatic rings. The molecule has 0 aromatic heterocycles. The van der Waals surface area contributed by atoms with E-state index in [0.717, 1.165) is 5.56 Å². The van der Waals surface area contributed by atoms with Gasteiger partial charge in [0.2, 0.25) is 5.91 Å². The van der Waals surface area contributed by atoms with Crippen molar-refractivity contribution in [2.75, 3.05) is 5.32 Å². The Bertz CT molecular complexity index is 385. The van der Waals surface area contributed by atoms with Gasteiger partial charge in [0.05, 0.1) is 0 Å². The van der Waals surface area contributed by atoms with Gasteiger partial charge in [-0.3, -0.25) is 9.59 Å². The van der Waals surface area contributed by atoms with Gasteiger partial charge in [-0.05, 0) is 18.6 Å². The van der Waals surface area contributed by atoms with Crippen LogP contribution in [0.5, 0.6) is 0 Å². The molecule has 0 heterocycles. The minimum Gasteiger partial charge on any atom is -0.326 e. The molecular weight excluding hydrogens is 190 g/mol. The van der Waals surface area contributed by atoms with Crippen molar-refractivity contribution in [3.63, 3.8) is 0 Å². The summed E-state index contributed by atoms with van der Waals surface area (Å²) in [6.07, 6.45) is 0. The van der Waals surface area contributed by atoms with E-state index in [4.69, 9.17) is 0 Å². The van der Waals surface area contributed by atoms with E-state index in [-0.39, 0.29) is 17.6 Å². The number of carbonyl (C=O) groups is 2. The number of para-hydroxylation sites is 1. The summed E-state index contributed by atoms with van der Waals surface area (Å²) in [7, 11) is 0. The molecule has 3 nitrogen and oxygen atoms in total. The molecular formula is C12H15NO2. The molecule has 1 amide bonds. The van der Waals surface area contributed by atoms with Crippen LogP contribution >= 0.6 is 0 Å². The molecule has 0 saturated heterocycles. The van der Waals surface area contributed by atoms with Crippen molar-refractivity contribution in [3.05, 3.63) is 29.8 Å². The van der Waals surface area contributed by atoms with Crippen LogP contribution in [0, 0.1) is 0 Å². The van der Waals surface area contributed by atoms with Crippen LogP contribution in [0.3, 0.4) is 0 Å². The fourth-order valence-electron chi connectivity index (χ4n) is 1.40. The van der Waals surface area contributed by atoms with Crippen molar-refractivity contribution in [1.29, 1.82) is 0 Å². The highest BCUT2D eigenvalue weighted by Crippen LogP contribution is 2.24. The maximum atomic E-state index is 11.3. The van der Waals surface area contributed by atoms with Crippen LogP contribution in [-0.4, -0.2) is 11.7 Å². The Kier molecular flexibility index (Phi) is 3.61. The number of Topliss-reactive ketones (excluding diaryl/α,β-unsaturated/α-hetero) is 1. The topological polar surface area (TPSA) is 46.2 Å². The highest BCUT2D eigenvalue weighted by atomic mass is 16.1. The van der Waals surface area contributed by atoms with Crippen LogP contribution < -0.4 is 5.32 Å².